The number of nitrogens with one attached hydrogen (secondary N) is 2. The summed E-state index contributed by atoms with van der Waals surface area (Å²) >= 11 is 12.2. The first kappa shape index (κ1) is 20.9. The fourth-order valence-electron chi connectivity index (χ4n) is 3.33. The van der Waals surface area contributed by atoms with Crippen molar-refractivity contribution in [3.8, 4) is 0 Å². The fraction of sp³-hybridized carbons (Fsp3) is 0.0870. The molecule has 0 saturated heterocycles. The van der Waals surface area contributed by atoms with E-state index in [0.29, 0.717) is 22.1 Å². The maximum absolute atomic E-state index is 13.1. The Morgan fingerprint density at radius 1 is 0.968 bits per heavy atom. The number of carbonyl (C=O) groups excluding carboxylic acids is 2. The smallest absolute Gasteiger partial charge is 0.311 e. The van der Waals surface area contributed by atoms with Gasteiger partial charge in [0.1, 0.15) is 0 Å². The van der Waals surface area contributed by atoms with Crippen LogP contribution in [0, 0.1) is 0 Å². The highest BCUT2D eigenvalue weighted by molar-refractivity contribution is 6.44. The molecule has 6 nitrogen and oxygen atoms in total. The van der Waals surface area contributed by atoms with E-state index >= 15 is 0 Å². The summed E-state index contributed by atoms with van der Waals surface area (Å²) in [6.07, 6.45) is -1.13. The number of carbonyl (C=O) groups is 2. The predicted molar refractivity (Wildman–Crippen MR) is 124 cm³/mol. The molecule has 1 aliphatic rings. The molecule has 8 heteroatoms. The molecule has 2 N–H and O–H groups in total. The Morgan fingerprint density at radius 2 is 1.68 bits per heavy atom. The average Bonchev–Trinajstić information content (AvgIpc) is 2.88. The Kier molecular flexibility index (Phi) is 5.93. The summed E-state index contributed by atoms with van der Waals surface area (Å²) in [5.74, 6) is -0.370. The van der Waals surface area contributed by atoms with Crippen molar-refractivity contribution >= 4 is 52.2 Å². The summed E-state index contributed by atoms with van der Waals surface area (Å²) in [5, 5.41) is 5.78. The van der Waals surface area contributed by atoms with Crippen LogP contribution in [0.3, 0.4) is 0 Å². The molecule has 3 aromatic carbocycles. The number of hydrogen-bond donors (Lipinski definition) is 2. The molecule has 0 radical (unpaired) electrons. The Balaban J connectivity index is 1.69. The number of amides is 3. The summed E-state index contributed by atoms with van der Waals surface area (Å²) < 4.78 is 0. The number of likely N-dealkylation sites (N-methyl/N-ethyl adjacent to an activating group) is 1. The maximum Gasteiger partial charge on any atom is 0.321 e. The van der Waals surface area contributed by atoms with Gasteiger partial charge < -0.3 is 15.5 Å². The van der Waals surface area contributed by atoms with Crippen LogP contribution >= 0.6 is 23.2 Å². The zero-order chi connectivity index (χ0) is 22.0. The van der Waals surface area contributed by atoms with Gasteiger partial charge in [-0.05, 0) is 18.2 Å². The van der Waals surface area contributed by atoms with Gasteiger partial charge in [-0.3, -0.25) is 4.79 Å². The number of para-hydroxylation sites is 1. The van der Waals surface area contributed by atoms with Crippen molar-refractivity contribution in [2.24, 2.45) is 4.99 Å². The van der Waals surface area contributed by atoms with Gasteiger partial charge >= 0.3 is 6.03 Å². The second kappa shape index (κ2) is 8.79. The van der Waals surface area contributed by atoms with Gasteiger partial charge in [0.05, 0.1) is 27.1 Å². The van der Waals surface area contributed by atoms with Crippen molar-refractivity contribution in [2.45, 2.75) is 6.17 Å². The second-order valence-corrected chi connectivity index (χ2v) is 7.65. The molecule has 0 saturated carbocycles. The molecule has 31 heavy (non-hydrogen) atoms. The topological polar surface area (TPSA) is 73.8 Å². The number of fused-ring (bicyclic) bond motifs is 1. The summed E-state index contributed by atoms with van der Waals surface area (Å²) in [7, 11) is 1.66. The Morgan fingerprint density at radius 3 is 2.45 bits per heavy atom. The lowest BCUT2D eigenvalue weighted by molar-refractivity contribution is -0.119. The minimum Gasteiger partial charge on any atom is -0.311 e. The third-order valence-electron chi connectivity index (χ3n) is 4.86. The quantitative estimate of drug-likeness (QED) is 0.589. The molecule has 3 aromatic rings. The maximum atomic E-state index is 13.1. The van der Waals surface area contributed by atoms with Crippen LogP contribution in [0.1, 0.15) is 11.1 Å². The highest BCUT2D eigenvalue weighted by Crippen LogP contribution is 2.30. The number of hydrogen-bond acceptors (Lipinski definition) is 3. The zero-order valence-corrected chi connectivity index (χ0v) is 18.0. The Bertz CT molecular complexity index is 1180. The van der Waals surface area contributed by atoms with Gasteiger partial charge in [-0.25, -0.2) is 9.79 Å². The lowest BCUT2D eigenvalue weighted by atomic mass is 10.0. The van der Waals surface area contributed by atoms with Gasteiger partial charge in [0.15, 0.2) is 0 Å². The normalized spacial score (nSPS) is 15.6. The summed E-state index contributed by atoms with van der Waals surface area (Å²) in [6, 6.07) is 21.3. The highest BCUT2D eigenvalue weighted by Gasteiger charge is 2.31. The highest BCUT2D eigenvalue weighted by atomic mass is 35.5. The number of anilines is 2. The minimum atomic E-state index is -1.13. The minimum absolute atomic E-state index is 0.213. The van der Waals surface area contributed by atoms with Crippen molar-refractivity contribution < 1.29 is 9.59 Å². The fourth-order valence-corrected chi connectivity index (χ4v) is 3.67. The lowest BCUT2D eigenvalue weighted by Crippen LogP contribution is -2.47. The first-order valence-corrected chi connectivity index (χ1v) is 10.2. The van der Waals surface area contributed by atoms with Crippen LogP contribution in [-0.2, 0) is 4.79 Å². The van der Waals surface area contributed by atoms with E-state index in [1.807, 2.05) is 54.6 Å². The van der Waals surface area contributed by atoms with Crippen LogP contribution in [0.4, 0.5) is 16.2 Å². The van der Waals surface area contributed by atoms with Crippen LogP contribution < -0.4 is 15.5 Å². The monoisotopic (exact) mass is 452 g/mol. The van der Waals surface area contributed by atoms with Crippen LogP contribution in [-0.4, -0.2) is 30.9 Å². The van der Waals surface area contributed by atoms with Gasteiger partial charge in [-0.2, -0.15) is 0 Å². The van der Waals surface area contributed by atoms with Crippen LogP contribution in [0.25, 0.3) is 0 Å². The summed E-state index contributed by atoms with van der Waals surface area (Å²) in [4.78, 5) is 31.9. The van der Waals surface area contributed by atoms with E-state index in [0.717, 1.165) is 11.1 Å². The Labute approximate surface area is 189 Å². The molecule has 0 spiro atoms. The number of rotatable bonds is 3. The number of nitrogens with zero attached hydrogens (tertiary/aromatic N) is 2. The van der Waals surface area contributed by atoms with E-state index in [2.05, 4.69) is 15.6 Å². The largest absolute Gasteiger partial charge is 0.321 e. The van der Waals surface area contributed by atoms with E-state index in [4.69, 9.17) is 23.2 Å². The predicted octanol–water partition coefficient (Wildman–Crippen LogP) is 4.96. The summed E-state index contributed by atoms with van der Waals surface area (Å²) in [6.45, 7) is 0. The molecule has 0 aliphatic carbocycles. The number of aliphatic imine (C=N–C) groups is 1. The van der Waals surface area contributed by atoms with E-state index < -0.39 is 12.2 Å². The van der Waals surface area contributed by atoms with E-state index in [9.17, 15) is 9.59 Å². The standard InChI is InChI=1S/C23H18Cl2N4O2/c1-29-18-13-6-5-10-15(18)20(14-8-3-2-4-9-14)27-21(22(29)30)28-23(31)26-17-12-7-11-16(24)19(17)25/h2-13,21H,1H3,(H2,26,28,31). The molecule has 1 atom stereocenters. The van der Waals surface area contributed by atoms with Crippen molar-refractivity contribution in [1.29, 1.82) is 0 Å². The number of benzene rings is 3. The summed E-state index contributed by atoms with van der Waals surface area (Å²) in [5.41, 5.74) is 3.28. The van der Waals surface area contributed by atoms with Crippen molar-refractivity contribution in [2.75, 3.05) is 17.3 Å². The molecule has 0 aromatic heterocycles. The second-order valence-electron chi connectivity index (χ2n) is 6.86. The van der Waals surface area contributed by atoms with E-state index in [-0.39, 0.29) is 10.9 Å². The SMILES string of the molecule is CN1C(=O)C(NC(=O)Nc2cccc(Cl)c2Cl)N=C(c2ccccc2)c2ccccc21. The lowest BCUT2D eigenvalue weighted by Gasteiger charge is -2.21. The number of halogens is 2. The molecule has 1 heterocycles. The molecular formula is C23H18Cl2N4O2. The third-order valence-corrected chi connectivity index (χ3v) is 5.68. The van der Waals surface area contributed by atoms with Crippen molar-refractivity contribution in [3.05, 3.63) is 94.0 Å². The first-order chi connectivity index (χ1) is 15.0. The molecule has 0 bridgehead atoms. The van der Waals surface area contributed by atoms with Crippen LogP contribution in [0.15, 0.2) is 77.8 Å². The zero-order valence-electron chi connectivity index (χ0n) is 16.5. The van der Waals surface area contributed by atoms with Crippen molar-refractivity contribution in [1.82, 2.24) is 5.32 Å². The van der Waals surface area contributed by atoms with Crippen LogP contribution in [0.5, 0.6) is 0 Å². The molecule has 3 amide bonds. The van der Waals surface area contributed by atoms with Gasteiger partial charge in [0.25, 0.3) is 5.91 Å². The molecule has 4 rings (SSSR count). The Hall–Kier alpha value is -3.35. The third kappa shape index (κ3) is 4.26. The van der Waals surface area contributed by atoms with Gasteiger partial charge in [0, 0.05) is 18.2 Å². The van der Waals surface area contributed by atoms with Gasteiger partial charge in [-0.1, -0.05) is 77.8 Å². The first-order valence-electron chi connectivity index (χ1n) is 9.47. The average molecular weight is 453 g/mol. The molecule has 1 aliphatic heterocycles. The molecular weight excluding hydrogens is 435 g/mol. The van der Waals surface area contributed by atoms with Gasteiger partial charge in [-0.15, -0.1) is 0 Å². The number of benzodiazepines with no additional fused rings is 1. The van der Waals surface area contributed by atoms with E-state index in [1.165, 1.54) is 4.90 Å². The van der Waals surface area contributed by atoms with E-state index in [1.54, 1.807) is 25.2 Å². The van der Waals surface area contributed by atoms with Gasteiger partial charge in [0.2, 0.25) is 6.17 Å². The number of urea groups is 1. The van der Waals surface area contributed by atoms with Crippen LogP contribution in [0.2, 0.25) is 10.0 Å². The molecule has 156 valence electrons. The molecule has 0 fully saturated rings. The molecule has 1 unspecified atom stereocenters. The van der Waals surface area contributed by atoms with Crippen molar-refractivity contribution in [3.63, 3.8) is 0 Å².